The number of hydrogen-bond acceptors (Lipinski definition) is 4. The molecule has 0 bridgehead atoms. The van der Waals surface area contributed by atoms with Crippen LogP contribution in [0.15, 0.2) is 36.4 Å². The van der Waals surface area contributed by atoms with Gasteiger partial charge in [0.05, 0.1) is 17.7 Å². The average molecular weight is 440 g/mol. The van der Waals surface area contributed by atoms with Gasteiger partial charge in [0, 0.05) is 23.7 Å². The molecule has 1 fully saturated rings. The fourth-order valence-corrected chi connectivity index (χ4v) is 3.54. The third-order valence-electron chi connectivity index (χ3n) is 4.38. The van der Waals surface area contributed by atoms with Gasteiger partial charge < -0.3 is 19.5 Å². The lowest BCUT2D eigenvalue weighted by Gasteiger charge is -2.17. The van der Waals surface area contributed by atoms with E-state index in [9.17, 15) is 0 Å². The van der Waals surface area contributed by atoms with Crippen LogP contribution in [0.5, 0.6) is 11.5 Å². The van der Waals surface area contributed by atoms with Crippen molar-refractivity contribution in [1.82, 2.24) is 5.32 Å². The third kappa shape index (κ3) is 5.74. The number of ether oxygens (including phenoxy) is 3. The van der Waals surface area contributed by atoms with Crippen LogP contribution in [0.2, 0.25) is 10.0 Å². The Morgan fingerprint density at radius 2 is 2.00 bits per heavy atom. The minimum Gasteiger partial charge on any atom is -0.490 e. The van der Waals surface area contributed by atoms with Gasteiger partial charge in [-0.3, -0.25) is 0 Å². The molecule has 0 saturated carbocycles. The van der Waals surface area contributed by atoms with Crippen molar-refractivity contribution < 1.29 is 14.2 Å². The Morgan fingerprint density at radius 1 is 1.21 bits per heavy atom. The number of rotatable bonds is 8. The maximum Gasteiger partial charge on any atom is 0.180 e. The number of hydrogen-bond donors (Lipinski definition) is 1. The van der Waals surface area contributed by atoms with Gasteiger partial charge in [-0.15, -0.1) is 0 Å². The molecular weight excluding hydrogens is 417 g/mol. The van der Waals surface area contributed by atoms with E-state index in [-0.39, 0.29) is 6.10 Å². The zero-order valence-corrected chi connectivity index (χ0v) is 18.0. The zero-order chi connectivity index (χ0) is 19.9. The molecule has 4 nitrogen and oxygen atoms in total. The fraction of sp³-hybridized carbons (Fsp3) is 0.381. The van der Waals surface area contributed by atoms with Gasteiger partial charge in [-0.25, -0.2) is 0 Å². The minimum atomic E-state index is 0.210. The average Bonchev–Trinajstić information content (AvgIpc) is 3.20. The molecule has 1 saturated heterocycles. The quantitative estimate of drug-likeness (QED) is 0.556. The van der Waals surface area contributed by atoms with E-state index in [0.717, 1.165) is 30.6 Å². The highest BCUT2D eigenvalue weighted by atomic mass is 35.5. The van der Waals surface area contributed by atoms with Crippen LogP contribution in [0.25, 0.3) is 0 Å². The van der Waals surface area contributed by atoms with Gasteiger partial charge in [0.25, 0.3) is 0 Å². The summed E-state index contributed by atoms with van der Waals surface area (Å²) in [6.45, 7) is 4.27. The van der Waals surface area contributed by atoms with Gasteiger partial charge in [0.15, 0.2) is 11.5 Å². The molecule has 7 heteroatoms. The van der Waals surface area contributed by atoms with Gasteiger partial charge in [-0.1, -0.05) is 47.6 Å². The van der Waals surface area contributed by atoms with Crippen molar-refractivity contribution in [2.45, 2.75) is 32.5 Å². The van der Waals surface area contributed by atoms with Crippen molar-refractivity contribution in [3.63, 3.8) is 0 Å². The highest BCUT2D eigenvalue weighted by Crippen LogP contribution is 2.37. The number of halogens is 2. The summed E-state index contributed by atoms with van der Waals surface area (Å²) >= 11 is 17.9. The van der Waals surface area contributed by atoms with E-state index in [4.69, 9.17) is 49.6 Å². The Labute approximate surface area is 181 Å². The van der Waals surface area contributed by atoms with E-state index in [1.54, 1.807) is 6.07 Å². The molecule has 0 spiro atoms. The van der Waals surface area contributed by atoms with Gasteiger partial charge in [0.1, 0.15) is 11.6 Å². The van der Waals surface area contributed by atoms with Crippen molar-refractivity contribution in [3.05, 3.63) is 57.6 Å². The Morgan fingerprint density at radius 3 is 2.68 bits per heavy atom. The molecular formula is C21H23Cl2NO3S. The Bertz CT molecular complexity index is 808. The molecule has 3 rings (SSSR count). The molecule has 0 radical (unpaired) electrons. The molecule has 2 aromatic rings. The summed E-state index contributed by atoms with van der Waals surface area (Å²) < 4.78 is 17.3. The summed E-state index contributed by atoms with van der Waals surface area (Å²) in [4.78, 5) is 0.614. The maximum atomic E-state index is 6.49. The molecule has 150 valence electrons. The van der Waals surface area contributed by atoms with E-state index in [2.05, 4.69) is 5.32 Å². The topological polar surface area (TPSA) is 39.7 Å². The first-order chi connectivity index (χ1) is 13.6. The second-order valence-corrected chi connectivity index (χ2v) is 7.73. The number of nitrogens with one attached hydrogen (secondary N) is 1. The molecule has 0 aliphatic carbocycles. The van der Waals surface area contributed by atoms with Crippen molar-refractivity contribution >= 4 is 40.4 Å². The number of benzene rings is 2. The van der Waals surface area contributed by atoms with Crippen LogP contribution < -0.4 is 14.8 Å². The maximum absolute atomic E-state index is 6.49. The van der Waals surface area contributed by atoms with Crippen LogP contribution in [0, 0.1) is 0 Å². The SMILES string of the molecule is CCOc1cc(C(=S)NC[C@@H]2CCCO2)cc(Cl)c1OCc1ccc(Cl)cc1. The van der Waals surface area contributed by atoms with Crippen molar-refractivity contribution in [1.29, 1.82) is 0 Å². The first kappa shape index (κ1) is 21.2. The van der Waals surface area contributed by atoms with Crippen LogP contribution in [0.4, 0.5) is 0 Å². The van der Waals surface area contributed by atoms with Gasteiger partial charge in [0.2, 0.25) is 0 Å². The van der Waals surface area contributed by atoms with E-state index in [1.807, 2.05) is 37.3 Å². The van der Waals surface area contributed by atoms with Gasteiger partial charge in [-0.05, 0) is 49.6 Å². The van der Waals surface area contributed by atoms with Crippen LogP contribution in [0.3, 0.4) is 0 Å². The van der Waals surface area contributed by atoms with Crippen molar-refractivity contribution in [2.75, 3.05) is 19.8 Å². The summed E-state index contributed by atoms with van der Waals surface area (Å²) in [5.74, 6) is 1.07. The second-order valence-electron chi connectivity index (χ2n) is 6.48. The summed E-state index contributed by atoms with van der Waals surface area (Å²) in [5, 5.41) is 4.40. The normalized spacial score (nSPS) is 16.0. The van der Waals surface area contributed by atoms with Crippen LogP contribution >= 0.6 is 35.4 Å². The van der Waals surface area contributed by atoms with Crippen LogP contribution in [-0.4, -0.2) is 30.9 Å². The monoisotopic (exact) mass is 439 g/mol. The molecule has 1 aliphatic heterocycles. The van der Waals surface area contributed by atoms with Gasteiger partial charge in [-0.2, -0.15) is 0 Å². The Kier molecular flexibility index (Phi) is 7.80. The Balaban J connectivity index is 1.71. The summed E-state index contributed by atoms with van der Waals surface area (Å²) in [6, 6.07) is 11.1. The molecule has 2 aromatic carbocycles. The summed E-state index contributed by atoms with van der Waals surface area (Å²) in [7, 11) is 0. The first-order valence-electron chi connectivity index (χ1n) is 9.30. The lowest BCUT2D eigenvalue weighted by Crippen LogP contribution is -2.31. The molecule has 1 aliphatic rings. The Hall–Kier alpha value is -1.53. The van der Waals surface area contributed by atoms with Crippen LogP contribution in [-0.2, 0) is 11.3 Å². The molecule has 0 unspecified atom stereocenters. The second kappa shape index (κ2) is 10.3. The molecule has 1 heterocycles. The van der Waals surface area contributed by atoms with E-state index < -0.39 is 0 Å². The minimum absolute atomic E-state index is 0.210. The van der Waals surface area contributed by atoms with E-state index in [1.165, 1.54) is 0 Å². The summed E-state index contributed by atoms with van der Waals surface area (Å²) in [5.41, 5.74) is 1.78. The predicted octanol–water partition coefficient (Wildman–Crippen LogP) is 5.42. The van der Waals surface area contributed by atoms with Crippen molar-refractivity contribution in [2.24, 2.45) is 0 Å². The highest BCUT2D eigenvalue weighted by Gasteiger charge is 2.18. The van der Waals surface area contributed by atoms with E-state index >= 15 is 0 Å². The molecule has 28 heavy (non-hydrogen) atoms. The lowest BCUT2D eigenvalue weighted by atomic mass is 10.1. The molecule has 1 atom stereocenters. The molecule has 0 aromatic heterocycles. The largest absolute Gasteiger partial charge is 0.490 e. The summed E-state index contributed by atoms with van der Waals surface area (Å²) in [6.07, 6.45) is 2.36. The van der Waals surface area contributed by atoms with Gasteiger partial charge >= 0.3 is 0 Å². The smallest absolute Gasteiger partial charge is 0.180 e. The van der Waals surface area contributed by atoms with Crippen molar-refractivity contribution in [3.8, 4) is 11.5 Å². The number of thiocarbonyl (C=S) groups is 1. The lowest BCUT2D eigenvalue weighted by molar-refractivity contribution is 0.114. The molecule has 1 N–H and O–H groups in total. The standard InChI is InChI=1S/C21H23Cl2NO3S/c1-2-25-19-11-15(21(28)24-12-17-4-3-9-26-17)10-18(23)20(19)27-13-14-5-7-16(22)8-6-14/h5-8,10-11,17H,2-4,9,12-13H2,1H3,(H,24,28)/t17-/m0/s1. The molecule has 0 amide bonds. The van der Waals surface area contributed by atoms with Crippen LogP contribution in [0.1, 0.15) is 30.9 Å². The highest BCUT2D eigenvalue weighted by molar-refractivity contribution is 7.80. The third-order valence-corrected chi connectivity index (χ3v) is 5.30. The van der Waals surface area contributed by atoms with E-state index in [0.29, 0.717) is 46.3 Å². The zero-order valence-electron chi connectivity index (χ0n) is 15.7. The fourth-order valence-electron chi connectivity index (χ4n) is 2.95. The first-order valence-corrected chi connectivity index (χ1v) is 10.5. The predicted molar refractivity (Wildman–Crippen MR) is 117 cm³/mol.